The third-order valence-corrected chi connectivity index (χ3v) is 21.0. The van der Waals surface area contributed by atoms with Crippen LogP contribution in [0.3, 0.4) is 0 Å². The highest BCUT2D eigenvalue weighted by Crippen LogP contribution is 2.28. The molecule has 0 bridgehead atoms. The molecule has 6 fully saturated rings. The number of piperazine rings is 6. The summed E-state index contributed by atoms with van der Waals surface area (Å²) in [5, 5.41) is 3.32. The molecule has 111 heavy (non-hydrogen) atoms. The van der Waals surface area contributed by atoms with Gasteiger partial charge in [0.05, 0.1) is 0 Å². The van der Waals surface area contributed by atoms with Crippen LogP contribution < -0.4 is 34.7 Å². The Hall–Kier alpha value is -7.86. The van der Waals surface area contributed by atoms with E-state index in [0.29, 0.717) is 92.8 Å². The molecule has 26 nitrogen and oxygen atoms in total. The van der Waals surface area contributed by atoms with E-state index in [2.05, 4.69) is 231 Å². The highest BCUT2D eigenvalue weighted by molar-refractivity contribution is 5.74. The first-order chi connectivity index (χ1) is 52.6. The zero-order valence-corrected chi connectivity index (χ0v) is 71.4. The largest absolute Gasteiger partial charge is 0.403 e. The van der Waals surface area contributed by atoms with Crippen LogP contribution in [0, 0.1) is 0 Å². The zero-order chi connectivity index (χ0) is 81.3. The van der Waals surface area contributed by atoms with Crippen molar-refractivity contribution in [3.63, 3.8) is 0 Å². The molecular weight excluding hydrogens is 1410 g/mol. The van der Waals surface area contributed by atoms with E-state index in [4.69, 9.17) is 4.98 Å². The van der Waals surface area contributed by atoms with Crippen LogP contribution in [0.2, 0.25) is 0 Å². The summed E-state index contributed by atoms with van der Waals surface area (Å²) in [4.78, 5) is 91.5. The van der Waals surface area contributed by atoms with Crippen LogP contribution in [0.5, 0.6) is 0 Å². The lowest BCUT2D eigenvalue weighted by Gasteiger charge is -2.42. The van der Waals surface area contributed by atoms with Crippen LogP contribution in [0.25, 0.3) is 0 Å². The van der Waals surface area contributed by atoms with Gasteiger partial charge < -0.3 is 49.4 Å². The molecule has 12 heterocycles. The average molecular weight is 1550 g/mol. The number of urea groups is 1. The molecule has 1 unspecified atom stereocenters. The standard InChI is InChI=1S/2C15H26N4.C14H21F3N4.C14H23N5O.C13H22N4.C11H18N4/c1-12(2)13-6-7-16-14(17-13)18-8-10-19(11-9-18)15(3,4)5;1-11(2)14-6-7-16-15(17-14)18-8-9-19(12(3)4)13(5)10-18;1-10(2)12-4-5-18-13(19-12)21-8-6-20(7-9-21)11(3)14(15,16)17;1-11(2)12-5-6-15-13(16-12)18-7-9-19(10-8-18)14(20)17(3)4;1-4-16-7-9-17(10-8-16)13-14-6-5-12(15-13)11(2)3;1-9(2)10-3-4-13-11(14-10)15-7-5-12-6-8-15/h6-7,12H,8-11H2,1-5H3;6-7,11-13H,8-10H2,1-5H3;4-5,10-11H,6-9H2,1-3H3;5-6,11H,7-10H2,1-4H3;5-6,11H,4,7-10H2,1-3H3;3-4,9,12H,5-8H2,1-2H3/t;13-;;;;/m.1..../s1. The van der Waals surface area contributed by atoms with Crippen molar-refractivity contribution >= 4 is 41.7 Å². The van der Waals surface area contributed by atoms with Crippen LogP contribution in [0.4, 0.5) is 53.7 Å². The average Bonchev–Trinajstić information content (AvgIpc) is 0.922. The molecule has 2 amide bonds. The number of amides is 2. The van der Waals surface area contributed by atoms with Crippen LogP contribution in [-0.4, -0.2) is 296 Å². The lowest BCUT2D eigenvalue weighted by atomic mass is 10.1. The smallest absolute Gasteiger partial charge is 0.338 e. The van der Waals surface area contributed by atoms with Gasteiger partial charge in [-0.05, 0) is 127 Å². The molecule has 6 aromatic rings. The molecule has 0 aliphatic carbocycles. The van der Waals surface area contributed by atoms with Crippen LogP contribution in [-0.2, 0) is 0 Å². The van der Waals surface area contributed by atoms with Gasteiger partial charge in [-0.2, -0.15) is 13.2 Å². The van der Waals surface area contributed by atoms with Crippen molar-refractivity contribution in [1.82, 2.24) is 94.5 Å². The van der Waals surface area contributed by atoms with Gasteiger partial charge in [0.1, 0.15) is 6.04 Å². The number of likely N-dealkylation sites (N-methyl/N-ethyl adjacent to an activating group) is 1. The second-order valence-corrected chi connectivity index (χ2v) is 32.9. The second-order valence-electron chi connectivity index (χ2n) is 32.9. The summed E-state index contributed by atoms with van der Waals surface area (Å²) in [6, 6.07) is 11.7. The van der Waals surface area contributed by atoms with Crippen molar-refractivity contribution in [2.45, 2.75) is 204 Å². The predicted octanol–water partition coefficient (Wildman–Crippen LogP) is 11.9. The molecule has 29 heteroatoms. The van der Waals surface area contributed by atoms with Crippen LogP contribution in [0.1, 0.15) is 208 Å². The fourth-order valence-electron chi connectivity index (χ4n) is 13.5. The summed E-state index contributed by atoms with van der Waals surface area (Å²) in [5.74, 6) is 7.48. The van der Waals surface area contributed by atoms with E-state index < -0.39 is 12.2 Å². The quantitative estimate of drug-likeness (QED) is 0.101. The van der Waals surface area contributed by atoms with Crippen molar-refractivity contribution in [3.8, 4) is 0 Å². The predicted molar refractivity (Wildman–Crippen MR) is 445 cm³/mol. The Morgan fingerprint density at radius 3 is 0.991 bits per heavy atom. The lowest BCUT2D eigenvalue weighted by molar-refractivity contribution is -0.179. The van der Waals surface area contributed by atoms with Crippen molar-refractivity contribution in [3.05, 3.63) is 108 Å². The van der Waals surface area contributed by atoms with Gasteiger partial charge in [-0.25, -0.2) is 64.6 Å². The van der Waals surface area contributed by atoms with E-state index >= 15 is 0 Å². The fraction of sp³-hybridized carbons (Fsp3) is 0.695. The van der Waals surface area contributed by atoms with E-state index in [-0.39, 0.29) is 11.6 Å². The van der Waals surface area contributed by atoms with Crippen molar-refractivity contribution in [1.29, 1.82) is 0 Å². The number of aromatic nitrogens is 12. The molecular formula is C82H136F3N25O. The Bertz CT molecular complexity index is 3670. The first-order valence-corrected chi connectivity index (χ1v) is 40.8. The first kappa shape index (κ1) is 90.3. The Morgan fingerprint density at radius 1 is 0.423 bits per heavy atom. The minimum absolute atomic E-state index is 0.0708. The maximum atomic E-state index is 12.7. The molecule has 1 N–H and O–H groups in total. The molecule has 6 aromatic heterocycles. The SMILES string of the molecule is CC(C)c1ccnc(N2CCN(C(=O)N(C)C)CC2)n1.CC(C)c1ccnc(N2CCN(C(C)(C)C)CC2)n1.CC(C)c1ccnc(N2CCN(C(C)C(F)(F)F)CC2)n1.CC(C)c1ccnc(N2CCN(C(C)C)[C@H](C)C2)n1.CC(C)c1ccnc(N2CCNCC2)n1.CCN1CCN(c2nccc(C(C)C)n2)CC1. The van der Waals surface area contributed by atoms with Gasteiger partial charge in [0.15, 0.2) is 0 Å². The summed E-state index contributed by atoms with van der Waals surface area (Å²) < 4.78 is 38.1. The Kier molecular flexibility index (Phi) is 35.3. The summed E-state index contributed by atoms with van der Waals surface area (Å²) in [5.41, 5.74) is 6.78. The topological polar surface area (TPSA) is 223 Å². The highest BCUT2D eigenvalue weighted by atomic mass is 19.4. The summed E-state index contributed by atoms with van der Waals surface area (Å²) in [6.45, 7) is 64.3. The Labute approximate surface area is 663 Å². The van der Waals surface area contributed by atoms with Crippen molar-refractivity contribution in [2.75, 3.05) is 201 Å². The maximum absolute atomic E-state index is 12.7. The molecule has 0 radical (unpaired) electrons. The second kappa shape index (κ2) is 43.4. The summed E-state index contributed by atoms with van der Waals surface area (Å²) in [6.07, 6.45) is 6.86. The van der Waals surface area contributed by atoms with E-state index in [0.717, 1.165) is 182 Å². The monoisotopic (exact) mass is 1540 g/mol. The normalized spacial score (nSPS) is 18.2. The van der Waals surface area contributed by atoms with E-state index in [1.54, 1.807) is 25.2 Å². The van der Waals surface area contributed by atoms with Gasteiger partial charge in [-0.15, -0.1) is 0 Å². The van der Waals surface area contributed by atoms with Gasteiger partial charge in [0, 0.05) is 254 Å². The van der Waals surface area contributed by atoms with Crippen molar-refractivity contribution < 1.29 is 18.0 Å². The Balaban J connectivity index is 0.000000185. The number of nitrogens with zero attached hydrogens (tertiary/aromatic N) is 24. The van der Waals surface area contributed by atoms with Gasteiger partial charge in [-0.1, -0.05) is 90.0 Å². The number of alkyl halides is 3. The number of nitrogens with one attached hydrogen (secondary N) is 1. The number of carbonyl (C=O) groups excluding carboxylic acids is 1. The molecule has 6 aliphatic rings. The molecule has 6 aliphatic heterocycles. The van der Waals surface area contributed by atoms with E-state index in [1.807, 2.05) is 77.2 Å². The molecule has 6 saturated heterocycles. The Morgan fingerprint density at radius 2 is 0.712 bits per heavy atom. The molecule has 2 atom stereocenters. The number of hydrogen-bond acceptors (Lipinski definition) is 24. The van der Waals surface area contributed by atoms with E-state index in [9.17, 15) is 18.0 Å². The lowest BCUT2D eigenvalue weighted by Crippen LogP contribution is -2.54. The minimum atomic E-state index is -4.17. The number of rotatable bonds is 15. The molecule has 0 saturated carbocycles. The van der Waals surface area contributed by atoms with E-state index in [1.165, 1.54) is 11.8 Å². The molecule has 0 aromatic carbocycles. The zero-order valence-electron chi connectivity index (χ0n) is 71.4. The summed E-state index contributed by atoms with van der Waals surface area (Å²) >= 11 is 0. The highest BCUT2D eigenvalue weighted by Gasteiger charge is 2.41. The minimum Gasteiger partial charge on any atom is -0.338 e. The van der Waals surface area contributed by atoms with Gasteiger partial charge >= 0.3 is 12.2 Å². The number of carbonyl (C=O) groups is 1. The van der Waals surface area contributed by atoms with Crippen molar-refractivity contribution in [2.24, 2.45) is 0 Å². The van der Waals surface area contributed by atoms with Crippen LogP contribution in [0.15, 0.2) is 73.6 Å². The van der Waals surface area contributed by atoms with Gasteiger partial charge in [0.25, 0.3) is 0 Å². The third kappa shape index (κ3) is 28.0. The molecule has 616 valence electrons. The van der Waals surface area contributed by atoms with Gasteiger partial charge in [-0.3, -0.25) is 14.7 Å². The first-order valence-electron chi connectivity index (χ1n) is 40.8. The number of halogens is 3. The third-order valence-electron chi connectivity index (χ3n) is 21.0. The van der Waals surface area contributed by atoms with Crippen LogP contribution >= 0.6 is 0 Å². The molecule has 0 spiro atoms. The maximum Gasteiger partial charge on any atom is 0.403 e. The fourth-order valence-corrected chi connectivity index (χ4v) is 13.5. The molecule has 12 rings (SSSR count). The number of hydrogen-bond donors (Lipinski definition) is 1. The number of anilines is 6. The van der Waals surface area contributed by atoms with Gasteiger partial charge in [0.2, 0.25) is 35.7 Å². The summed E-state index contributed by atoms with van der Waals surface area (Å²) in [7, 11) is 3.56.